The third-order valence-electron chi connectivity index (χ3n) is 5.35. The summed E-state index contributed by atoms with van der Waals surface area (Å²) >= 11 is 1.55. The molecular weight excluding hydrogens is 399 g/mol. The molecule has 30 heavy (non-hydrogen) atoms. The van der Waals surface area contributed by atoms with Gasteiger partial charge in [-0.05, 0) is 42.5 Å². The van der Waals surface area contributed by atoms with Gasteiger partial charge in [0.05, 0.1) is 11.3 Å². The van der Waals surface area contributed by atoms with E-state index in [0.717, 1.165) is 17.0 Å². The zero-order chi connectivity index (χ0) is 20.7. The molecule has 0 amide bonds. The van der Waals surface area contributed by atoms with Crippen molar-refractivity contribution in [2.24, 2.45) is 0 Å². The molecular formula is C23H19FN4OS. The summed E-state index contributed by atoms with van der Waals surface area (Å²) in [7, 11) is 0. The van der Waals surface area contributed by atoms with Crippen LogP contribution in [0.2, 0.25) is 0 Å². The first-order chi connectivity index (χ1) is 14.5. The van der Waals surface area contributed by atoms with E-state index >= 15 is 0 Å². The average Bonchev–Trinajstić information content (AvgIpc) is 3.13. The number of rotatable bonds is 4. The van der Waals surface area contributed by atoms with Crippen LogP contribution < -0.4 is 0 Å². The Labute approximate surface area is 177 Å². The Bertz CT molecular complexity index is 1250. The summed E-state index contributed by atoms with van der Waals surface area (Å²) in [5.74, 6) is 1.01. The van der Waals surface area contributed by atoms with Gasteiger partial charge in [-0.15, -0.1) is 5.10 Å². The second-order valence-electron chi connectivity index (χ2n) is 7.60. The van der Waals surface area contributed by atoms with Crippen LogP contribution in [0.5, 0.6) is 0 Å². The molecule has 0 saturated carbocycles. The number of aryl methyl sites for hydroxylation is 1. The summed E-state index contributed by atoms with van der Waals surface area (Å²) < 4.78 is 14.8. The number of hydrogen-bond donors (Lipinski definition) is 0. The van der Waals surface area contributed by atoms with E-state index in [1.54, 1.807) is 34.6 Å². The van der Waals surface area contributed by atoms with E-state index in [4.69, 9.17) is 0 Å². The van der Waals surface area contributed by atoms with Gasteiger partial charge in [-0.2, -0.15) is 4.98 Å². The zero-order valence-electron chi connectivity index (χ0n) is 16.4. The van der Waals surface area contributed by atoms with Crippen molar-refractivity contribution < 1.29 is 9.18 Å². The standard InChI is InChI=1S/C23H19FN4OS/c1-14-3-2-4-15(9-14)13-30-23-26-22-25-20-10-17(16-5-7-18(24)8-6-16)11-21(29)19(20)12-28(22)27-23/h2-9,12,17H,10-11,13H2,1H3. The van der Waals surface area contributed by atoms with Gasteiger partial charge >= 0.3 is 0 Å². The van der Waals surface area contributed by atoms with E-state index in [-0.39, 0.29) is 17.5 Å². The van der Waals surface area contributed by atoms with Gasteiger partial charge in [0, 0.05) is 18.4 Å². The lowest BCUT2D eigenvalue weighted by molar-refractivity contribution is 0.0962. The molecule has 0 aliphatic heterocycles. The lowest BCUT2D eigenvalue weighted by Crippen LogP contribution is -2.21. The van der Waals surface area contributed by atoms with Gasteiger partial charge in [0.15, 0.2) is 5.78 Å². The molecule has 0 saturated heterocycles. The maximum absolute atomic E-state index is 13.2. The van der Waals surface area contributed by atoms with Crippen LogP contribution in [0.15, 0.2) is 59.9 Å². The van der Waals surface area contributed by atoms with E-state index in [9.17, 15) is 9.18 Å². The molecule has 1 aliphatic carbocycles. The van der Waals surface area contributed by atoms with Crippen LogP contribution in [0.1, 0.15) is 45.1 Å². The van der Waals surface area contributed by atoms with Crippen molar-refractivity contribution in [3.63, 3.8) is 0 Å². The summed E-state index contributed by atoms with van der Waals surface area (Å²) in [6.45, 7) is 2.07. The van der Waals surface area contributed by atoms with Gasteiger partial charge in [0.25, 0.3) is 5.78 Å². The van der Waals surface area contributed by atoms with Gasteiger partial charge in [-0.3, -0.25) is 4.79 Å². The minimum atomic E-state index is -0.278. The monoisotopic (exact) mass is 418 g/mol. The smallest absolute Gasteiger partial charge is 0.253 e. The molecule has 1 aliphatic rings. The molecule has 1 unspecified atom stereocenters. The number of carbonyl (C=O) groups excluding carboxylic acids is 1. The molecule has 4 aromatic rings. The first-order valence-corrected chi connectivity index (χ1v) is 10.8. The highest BCUT2D eigenvalue weighted by Gasteiger charge is 2.28. The van der Waals surface area contributed by atoms with Crippen LogP contribution in [0.4, 0.5) is 4.39 Å². The molecule has 5 rings (SSSR count). The Morgan fingerprint density at radius 1 is 1.13 bits per heavy atom. The van der Waals surface area contributed by atoms with E-state index in [1.807, 2.05) is 6.07 Å². The predicted molar refractivity (Wildman–Crippen MR) is 113 cm³/mol. The zero-order valence-corrected chi connectivity index (χ0v) is 17.2. The average molecular weight is 418 g/mol. The van der Waals surface area contributed by atoms with E-state index < -0.39 is 0 Å². The molecule has 2 aromatic carbocycles. The van der Waals surface area contributed by atoms with Crippen molar-refractivity contribution in [2.45, 2.75) is 36.6 Å². The van der Waals surface area contributed by atoms with Crippen LogP contribution in [0.3, 0.4) is 0 Å². The Morgan fingerprint density at radius 3 is 2.77 bits per heavy atom. The maximum Gasteiger partial charge on any atom is 0.253 e. The van der Waals surface area contributed by atoms with E-state index in [2.05, 4.69) is 40.2 Å². The van der Waals surface area contributed by atoms with Gasteiger partial charge in [-0.25, -0.2) is 13.9 Å². The Hall–Kier alpha value is -3.06. The number of hydrogen-bond acceptors (Lipinski definition) is 5. The number of nitrogens with zero attached hydrogens (tertiary/aromatic N) is 4. The quantitative estimate of drug-likeness (QED) is 0.447. The third kappa shape index (κ3) is 3.73. The number of ketones is 1. The summed E-state index contributed by atoms with van der Waals surface area (Å²) in [5, 5.41) is 5.13. The SMILES string of the molecule is Cc1cccc(CSc2nc3nc4c(cn3n2)C(=O)CC(c2ccc(F)cc2)C4)c1. The molecule has 0 radical (unpaired) electrons. The van der Waals surface area contributed by atoms with Crippen molar-refractivity contribution >= 4 is 23.3 Å². The van der Waals surface area contributed by atoms with Gasteiger partial charge in [0.1, 0.15) is 5.82 Å². The second kappa shape index (κ2) is 7.65. The van der Waals surface area contributed by atoms with Crippen molar-refractivity contribution in [2.75, 3.05) is 0 Å². The number of Topliss-reactive ketones (excluding diaryl/α,β-unsaturated/α-hetero) is 1. The van der Waals surface area contributed by atoms with Crippen LogP contribution in [0.25, 0.3) is 5.78 Å². The van der Waals surface area contributed by atoms with Gasteiger partial charge in [-0.1, -0.05) is 53.7 Å². The Balaban J connectivity index is 1.40. The number of halogens is 1. The van der Waals surface area contributed by atoms with E-state index in [1.165, 1.54) is 23.3 Å². The lowest BCUT2D eigenvalue weighted by atomic mass is 9.82. The second-order valence-corrected chi connectivity index (χ2v) is 8.54. The van der Waals surface area contributed by atoms with Gasteiger partial charge < -0.3 is 0 Å². The molecule has 0 spiro atoms. The summed E-state index contributed by atoms with van der Waals surface area (Å²) in [6.07, 6.45) is 2.75. The largest absolute Gasteiger partial charge is 0.294 e. The maximum atomic E-state index is 13.2. The number of aromatic nitrogens is 4. The van der Waals surface area contributed by atoms with Crippen LogP contribution in [0, 0.1) is 12.7 Å². The summed E-state index contributed by atoms with van der Waals surface area (Å²) in [4.78, 5) is 21.9. The number of thioether (sulfide) groups is 1. The fourth-order valence-electron chi connectivity index (χ4n) is 3.85. The molecule has 2 heterocycles. The Morgan fingerprint density at radius 2 is 1.97 bits per heavy atom. The molecule has 5 nitrogen and oxygen atoms in total. The van der Waals surface area contributed by atoms with Gasteiger partial charge in [0.2, 0.25) is 5.16 Å². The number of benzene rings is 2. The first-order valence-electron chi connectivity index (χ1n) is 9.78. The minimum absolute atomic E-state index is 0.00126. The molecule has 1 atom stereocenters. The highest BCUT2D eigenvalue weighted by molar-refractivity contribution is 7.98. The third-order valence-corrected chi connectivity index (χ3v) is 6.26. The van der Waals surface area contributed by atoms with Crippen LogP contribution in [-0.4, -0.2) is 25.4 Å². The number of carbonyl (C=O) groups is 1. The van der Waals surface area contributed by atoms with Crippen molar-refractivity contribution in [3.8, 4) is 0 Å². The van der Waals surface area contributed by atoms with Crippen molar-refractivity contribution in [1.29, 1.82) is 0 Å². The topological polar surface area (TPSA) is 60.1 Å². The summed E-state index contributed by atoms with van der Waals surface area (Å²) in [5.41, 5.74) is 4.72. The first kappa shape index (κ1) is 18.9. The fourth-order valence-corrected chi connectivity index (χ4v) is 4.61. The fraction of sp³-hybridized carbons (Fsp3) is 0.217. The normalized spacial score (nSPS) is 16.1. The van der Waals surface area contributed by atoms with Crippen LogP contribution >= 0.6 is 11.8 Å². The molecule has 150 valence electrons. The molecule has 0 bridgehead atoms. The van der Waals surface area contributed by atoms with E-state index in [0.29, 0.717) is 29.3 Å². The predicted octanol–water partition coefficient (Wildman–Crippen LogP) is 4.78. The summed E-state index contributed by atoms with van der Waals surface area (Å²) in [6, 6.07) is 14.7. The lowest BCUT2D eigenvalue weighted by Gasteiger charge is -2.23. The molecule has 0 fully saturated rings. The molecule has 2 aromatic heterocycles. The van der Waals surface area contributed by atoms with Crippen LogP contribution in [-0.2, 0) is 12.2 Å². The molecule has 0 N–H and O–H groups in total. The van der Waals surface area contributed by atoms with Crippen molar-refractivity contribution in [1.82, 2.24) is 19.6 Å². The Kier molecular flexibility index (Phi) is 4.83. The highest BCUT2D eigenvalue weighted by atomic mass is 32.2. The highest BCUT2D eigenvalue weighted by Crippen LogP contribution is 2.32. The number of fused-ring (bicyclic) bond motifs is 2. The van der Waals surface area contributed by atoms with Crippen molar-refractivity contribution in [3.05, 3.63) is 88.5 Å². The molecule has 7 heteroatoms. The minimum Gasteiger partial charge on any atom is -0.294 e.